The molecule has 2 saturated carbocycles. The van der Waals surface area contributed by atoms with Gasteiger partial charge in [0.05, 0.1) is 100 Å². The highest BCUT2D eigenvalue weighted by Gasteiger charge is 2.29. The Kier molecular flexibility index (Phi) is 32.3. The molecule has 6 fully saturated rings. The van der Waals surface area contributed by atoms with E-state index in [4.69, 9.17) is 29.9 Å². The zero-order valence-electron chi connectivity index (χ0n) is 84.2. The molecule has 32 nitrogen and oxygen atoms in total. The second-order valence-electron chi connectivity index (χ2n) is 39.7. The summed E-state index contributed by atoms with van der Waals surface area (Å²) in [6.45, 7) is 17.9. The number of imidazole rings is 6. The minimum Gasteiger partial charge on any atom is -0.396 e. The maximum atomic E-state index is 11.6. The fourth-order valence-electron chi connectivity index (χ4n) is 19.8. The Balaban J connectivity index is 0.000000111. The number of fused-ring (bicyclic) bond motifs is 6. The van der Waals surface area contributed by atoms with E-state index in [1.807, 2.05) is 155 Å². The van der Waals surface area contributed by atoms with Gasteiger partial charge in [0.25, 0.3) is 0 Å². The average molecular weight is 2020 g/mol. The maximum absolute atomic E-state index is 11.6. The third kappa shape index (κ3) is 26.3. The summed E-state index contributed by atoms with van der Waals surface area (Å²) in [4.78, 5) is 26.7. The summed E-state index contributed by atoms with van der Waals surface area (Å²) in [5.41, 5.74) is 24.9. The van der Waals surface area contributed by atoms with Gasteiger partial charge in [-0.05, 0) is 271 Å². The van der Waals surface area contributed by atoms with E-state index in [1.54, 1.807) is 0 Å². The highest BCUT2D eigenvalue weighted by Crippen LogP contribution is 2.34. The summed E-state index contributed by atoms with van der Waals surface area (Å²) < 4.78 is 68.4. The molecular weight excluding hydrogens is 1890 g/mol. The predicted molar refractivity (Wildman–Crippen MR) is 582 cm³/mol. The summed E-state index contributed by atoms with van der Waals surface area (Å²) >= 11 is 0. The van der Waals surface area contributed by atoms with E-state index in [9.17, 15) is 27.0 Å². The van der Waals surface area contributed by atoms with Crippen LogP contribution in [0.3, 0.4) is 0 Å². The van der Waals surface area contributed by atoms with Crippen molar-refractivity contribution in [2.75, 3.05) is 101 Å². The minimum absolute atomic E-state index is 0.138. The zero-order valence-corrected chi connectivity index (χ0v) is 85.8. The normalized spacial score (nSPS) is 18.1. The third-order valence-electron chi connectivity index (χ3n) is 28.2. The number of aliphatic hydroxyl groups excluding tert-OH is 2. The summed E-state index contributed by atoms with van der Waals surface area (Å²) in [6.07, 6.45) is 26.0. The first-order valence-electron chi connectivity index (χ1n) is 51.4. The van der Waals surface area contributed by atoms with E-state index in [0.717, 1.165) is 266 Å². The molecule has 4 saturated heterocycles. The van der Waals surface area contributed by atoms with Crippen molar-refractivity contribution in [1.29, 1.82) is 0 Å². The number of benzene rings is 6. The molecule has 2 aliphatic carbocycles. The molecule has 0 bridgehead atoms. The van der Waals surface area contributed by atoms with Crippen molar-refractivity contribution in [3.63, 3.8) is 0 Å². The van der Waals surface area contributed by atoms with Gasteiger partial charge >= 0.3 is 0 Å². The first kappa shape index (κ1) is 101. The number of hydrogen-bond acceptors (Lipinski definition) is 26. The van der Waals surface area contributed by atoms with Crippen molar-refractivity contribution < 1.29 is 36.5 Å². The molecule has 12 aromatic heterocycles. The van der Waals surface area contributed by atoms with Gasteiger partial charge in [0.1, 0.15) is 54.6 Å². The molecular formula is C113H130N24O8S2. The topological polar surface area (TPSA) is 381 Å². The first-order valence-corrected chi connectivity index (χ1v) is 55.1. The first-order chi connectivity index (χ1) is 71.5. The molecule has 18 aromatic rings. The van der Waals surface area contributed by atoms with Gasteiger partial charge in [-0.3, -0.25) is 0 Å². The Bertz CT molecular complexity index is 7760. The van der Waals surface area contributed by atoms with Crippen LogP contribution in [0.5, 0.6) is 0 Å². The molecule has 147 heavy (non-hydrogen) atoms. The SMILES string of the molecule is Cc1cccc(-c2cnc3ccc(NC4CCC(CO)CC4)nn23)c1.Cc1cccc(-c2cnc3ccc(NC4CCC(O)CC4)nn23)c1.Cc1cccc(-c2cnc3ccc(NC4CCOCC4)nn23)c1.Cc1cccc(-c2cnc3ccc(NC4CCS(=O)(=O)CC4)nn23)c1.Cc1cccc(-c2cnc3ccc(NCC4CCOCC4)nn23)c1.Cc1cccc(-c2cnc3ccc(NCC4CCS(=O)(=O)CC4)nn23)c1. The number of nitrogens with zero attached hydrogens (tertiary/aromatic N) is 18. The van der Waals surface area contributed by atoms with E-state index in [2.05, 4.69) is 241 Å². The van der Waals surface area contributed by atoms with Gasteiger partial charge in [-0.25, -0.2) is 73.8 Å². The highest BCUT2D eigenvalue weighted by atomic mass is 32.2. The molecule has 6 aromatic carbocycles. The number of hydrogen-bond donors (Lipinski definition) is 8. The lowest BCUT2D eigenvalue weighted by atomic mass is 9.86. The van der Waals surface area contributed by atoms with Gasteiger partial charge in [0.2, 0.25) is 0 Å². The fourth-order valence-corrected chi connectivity index (χ4v) is 22.8. The Morgan fingerprint density at radius 2 is 0.517 bits per heavy atom. The Morgan fingerprint density at radius 1 is 0.279 bits per heavy atom. The van der Waals surface area contributed by atoms with Crippen molar-refractivity contribution >= 4 is 88.5 Å². The monoisotopic (exact) mass is 2010 g/mol. The van der Waals surface area contributed by atoms with Crippen LogP contribution in [0.2, 0.25) is 0 Å². The smallest absolute Gasteiger partial charge is 0.154 e. The van der Waals surface area contributed by atoms with Gasteiger partial charge < -0.3 is 51.6 Å². The number of rotatable bonds is 21. The van der Waals surface area contributed by atoms with Crippen molar-refractivity contribution in [3.8, 4) is 67.5 Å². The summed E-state index contributed by atoms with van der Waals surface area (Å²) in [7, 11) is -5.67. The number of ether oxygens (including phenoxy) is 2. The standard InChI is InChI=1S/C20H24N4O.C19H22N4O2S.2C19H22N4O.C18H20N4O2S.C18H20N4O/c1-14-3-2-4-16(11-14)18-12-21-20-10-9-19(23-24(18)20)22-17-7-5-15(13-25)6-8-17;1-14-3-2-4-16(11-14)17-13-21-19-6-5-18(22-23(17)19)20-12-15-7-9-26(24,25)10-8-15;1-13-3-2-4-14(11-13)17-12-20-19-10-9-18(22-23(17)19)21-15-5-7-16(24)8-6-15;1-14-3-2-4-16(11-14)17-13-21-19-6-5-18(22-23(17)19)20-12-15-7-9-24-10-8-15;1-13-3-2-4-14(11-13)16-12-19-18-6-5-17(21-22(16)18)20-15-7-9-25(23,24)10-8-15;1-13-3-2-4-14(11-13)16-12-19-18-6-5-17(21-22(16)18)20-15-7-9-23-10-8-15/h2-4,9-12,15,17,25H,5-8,13H2,1H3,(H,22,23);2-6,11,13,15H,7-10,12H2,1H3,(H,20,22);2-4,9-12,15-16,24H,5-8H2,1H3,(H,21,22);2-6,11,13,15H,7-10,12H2,1H3,(H,20,22);2-6,11-12,15H,7-10H2,1H3,(H,20,21);2-6,11-12,15H,7-10H2,1H3,(H,20,21). The Morgan fingerprint density at radius 3 is 0.796 bits per heavy atom. The van der Waals surface area contributed by atoms with E-state index in [1.165, 1.54) is 33.4 Å². The van der Waals surface area contributed by atoms with Crippen LogP contribution >= 0.6 is 0 Å². The van der Waals surface area contributed by atoms with Gasteiger partial charge in [-0.1, -0.05) is 143 Å². The van der Waals surface area contributed by atoms with Crippen LogP contribution in [-0.2, 0) is 29.1 Å². The number of aryl methyl sites for hydroxylation is 6. The van der Waals surface area contributed by atoms with Gasteiger partial charge in [-0.2, -0.15) is 0 Å². The van der Waals surface area contributed by atoms with Gasteiger partial charge in [-0.15, -0.1) is 30.6 Å². The number of nitrogens with one attached hydrogen (secondary N) is 6. The van der Waals surface area contributed by atoms with Crippen LogP contribution in [0.15, 0.2) is 256 Å². The molecule has 8 N–H and O–H groups in total. The third-order valence-corrected chi connectivity index (χ3v) is 31.6. The van der Waals surface area contributed by atoms with Crippen molar-refractivity contribution in [3.05, 3.63) is 289 Å². The molecule has 762 valence electrons. The van der Waals surface area contributed by atoms with E-state index in [0.29, 0.717) is 66.8 Å². The Labute approximate surface area is 857 Å². The van der Waals surface area contributed by atoms with Crippen LogP contribution in [0.1, 0.15) is 136 Å². The summed E-state index contributed by atoms with van der Waals surface area (Å²) in [5.74, 6) is 7.61. The van der Waals surface area contributed by atoms with Crippen molar-refractivity contribution in [1.82, 2.24) is 87.6 Å². The van der Waals surface area contributed by atoms with Crippen LogP contribution in [0, 0.1) is 59.3 Å². The molecule has 0 atom stereocenters. The number of sulfone groups is 2. The van der Waals surface area contributed by atoms with Crippen LogP contribution in [-0.4, -0.2) is 214 Å². The molecule has 4 aliphatic heterocycles. The van der Waals surface area contributed by atoms with E-state index < -0.39 is 19.7 Å². The zero-order chi connectivity index (χ0) is 101. The van der Waals surface area contributed by atoms with Crippen molar-refractivity contribution in [2.24, 2.45) is 17.8 Å². The number of aromatic nitrogens is 18. The van der Waals surface area contributed by atoms with Crippen LogP contribution in [0.4, 0.5) is 34.9 Å². The average Bonchev–Trinajstić information content (AvgIpc) is 1.68. The summed E-state index contributed by atoms with van der Waals surface area (Å²) in [6, 6.07) is 75.2. The molecule has 6 aliphatic rings. The molecule has 0 unspecified atom stereocenters. The quantitative estimate of drug-likeness (QED) is 0.0331. The van der Waals surface area contributed by atoms with E-state index >= 15 is 0 Å². The molecule has 0 spiro atoms. The summed E-state index contributed by atoms with van der Waals surface area (Å²) in [5, 5.41) is 68.0. The lowest BCUT2D eigenvalue weighted by molar-refractivity contribution is 0.0699. The van der Waals surface area contributed by atoms with Crippen LogP contribution < -0.4 is 31.9 Å². The van der Waals surface area contributed by atoms with E-state index in [-0.39, 0.29) is 23.7 Å². The molecule has 0 amide bonds. The van der Waals surface area contributed by atoms with Crippen molar-refractivity contribution in [2.45, 2.75) is 175 Å². The lowest BCUT2D eigenvalue weighted by Gasteiger charge is -2.28. The molecule has 0 radical (unpaired) electrons. The Hall–Kier alpha value is -14.4. The highest BCUT2D eigenvalue weighted by molar-refractivity contribution is 7.91. The minimum atomic E-state index is -2.86. The van der Waals surface area contributed by atoms with Gasteiger partial charge in [0.15, 0.2) is 33.9 Å². The lowest BCUT2D eigenvalue weighted by Crippen LogP contribution is -2.32. The van der Waals surface area contributed by atoms with Crippen LogP contribution in [0.25, 0.3) is 101 Å². The molecule has 16 heterocycles. The maximum Gasteiger partial charge on any atom is 0.154 e. The second kappa shape index (κ2) is 47.0. The van der Waals surface area contributed by atoms with Gasteiger partial charge in [0, 0.05) is 104 Å². The fraction of sp³-hybridized carbons (Fsp3) is 0.363. The predicted octanol–water partition coefficient (Wildman–Crippen LogP) is 19.6. The molecule has 24 rings (SSSR count). The molecule has 34 heteroatoms. The number of anilines is 6. The number of aliphatic hydroxyl groups is 2. The largest absolute Gasteiger partial charge is 0.396 e. The second-order valence-corrected chi connectivity index (χ2v) is 44.3.